The van der Waals surface area contributed by atoms with Crippen LogP contribution in [-0.2, 0) is 15.0 Å². The second kappa shape index (κ2) is 8.14. The van der Waals surface area contributed by atoms with Gasteiger partial charge < -0.3 is 9.47 Å². The molecule has 0 heterocycles. The van der Waals surface area contributed by atoms with E-state index in [-0.39, 0.29) is 17.4 Å². The Morgan fingerprint density at radius 2 is 1.48 bits per heavy atom. The molecule has 4 heteroatoms. The van der Waals surface area contributed by atoms with E-state index in [0.29, 0.717) is 37.2 Å². The molecule has 0 aliphatic heterocycles. The largest absolute Gasteiger partial charge is 0.422 e. The summed E-state index contributed by atoms with van der Waals surface area (Å²) in [5, 5.41) is 0. The summed E-state index contributed by atoms with van der Waals surface area (Å²) in [7, 11) is 0. The quantitative estimate of drug-likeness (QED) is 0.563. The Kier molecular flexibility index (Phi) is 6.79. The van der Waals surface area contributed by atoms with Crippen molar-refractivity contribution in [2.24, 2.45) is 0 Å². The molecule has 0 aliphatic rings. The number of aryl methyl sites for hydroxylation is 1. The molecule has 0 saturated carbocycles. The maximum atomic E-state index is 11.9. The van der Waals surface area contributed by atoms with Crippen molar-refractivity contribution in [2.45, 2.75) is 72.6 Å². The summed E-state index contributed by atoms with van der Waals surface area (Å²) in [4.78, 5) is 23.7. The van der Waals surface area contributed by atoms with Crippen molar-refractivity contribution >= 4 is 11.9 Å². The predicted molar refractivity (Wildman–Crippen MR) is 91.0 cm³/mol. The maximum Gasteiger partial charge on any atom is 0.311 e. The Morgan fingerprint density at radius 3 is 1.96 bits per heavy atom. The molecule has 0 radical (unpaired) electrons. The average Bonchev–Trinajstić information content (AvgIpc) is 2.41. The molecule has 1 aromatic rings. The Hall–Kier alpha value is -1.84. The highest BCUT2D eigenvalue weighted by atomic mass is 16.6. The van der Waals surface area contributed by atoms with E-state index in [0.717, 1.165) is 11.1 Å². The molecule has 4 nitrogen and oxygen atoms in total. The minimum absolute atomic E-state index is 0.0946. The van der Waals surface area contributed by atoms with Crippen LogP contribution in [0.15, 0.2) is 12.1 Å². The van der Waals surface area contributed by atoms with E-state index in [1.165, 1.54) is 0 Å². The van der Waals surface area contributed by atoms with E-state index in [1.807, 2.05) is 26.8 Å². The number of hydrogen-bond acceptors (Lipinski definition) is 4. The van der Waals surface area contributed by atoms with Crippen LogP contribution in [0.5, 0.6) is 11.5 Å². The van der Waals surface area contributed by atoms with Gasteiger partial charge in [-0.05, 0) is 42.4 Å². The number of rotatable bonds is 6. The lowest BCUT2D eigenvalue weighted by atomic mass is 9.86. The molecule has 1 aromatic carbocycles. The molecule has 0 bridgehead atoms. The Labute approximate surface area is 139 Å². The van der Waals surface area contributed by atoms with Gasteiger partial charge >= 0.3 is 11.9 Å². The number of carbonyl (C=O) groups excluding carboxylic acids is 2. The minimum Gasteiger partial charge on any atom is -0.422 e. The van der Waals surface area contributed by atoms with Crippen molar-refractivity contribution in [3.05, 3.63) is 23.3 Å². The van der Waals surface area contributed by atoms with Gasteiger partial charge in [-0.3, -0.25) is 9.59 Å². The van der Waals surface area contributed by atoms with Crippen LogP contribution in [0.2, 0.25) is 0 Å². The third kappa shape index (κ3) is 5.70. The fraction of sp³-hybridized carbons (Fsp3) is 0.579. The van der Waals surface area contributed by atoms with Crippen LogP contribution in [0.4, 0.5) is 0 Å². The van der Waals surface area contributed by atoms with E-state index in [4.69, 9.17) is 9.47 Å². The van der Waals surface area contributed by atoms with Crippen LogP contribution in [0.3, 0.4) is 0 Å². The lowest BCUT2D eigenvalue weighted by Crippen LogP contribution is -2.16. The van der Waals surface area contributed by atoms with Gasteiger partial charge in [-0.1, -0.05) is 40.7 Å². The maximum absolute atomic E-state index is 11.9. The van der Waals surface area contributed by atoms with Crippen LogP contribution in [0, 0.1) is 6.92 Å². The lowest BCUT2D eigenvalue weighted by Gasteiger charge is -2.22. The number of benzene rings is 1. The van der Waals surface area contributed by atoms with Gasteiger partial charge in [0.05, 0.1) is 0 Å². The van der Waals surface area contributed by atoms with E-state index in [1.54, 1.807) is 6.07 Å². The molecule has 128 valence electrons. The first-order valence-corrected chi connectivity index (χ1v) is 8.25. The molecule has 0 amide bonds. The number of hydrogen-bond donors (Lipinski definition) is 0. The molecular formula is C19H28O4. The van der Waals surface area contributed by atoms with Crippen LogP contribution >= 0.6 is 0 Å². The molecule has 0 saturated heterocycles. The zero-order valence-electron chi connectivity index (χ0n) is 15.1. The number of esters is 2. The highest BCUT2D eigenvalue weighted by molar-refractivity contribution is 5.77. The summed E-state index contributed by atoms with van der Waals surface area (Å²) in [5.41, 5.74) is 1.73. The third-order valence-electron chi connectivity index (χ3n) is 3.45. The smallest absolute Gasteiger partial charge is 0.311 e. The zero-order chi connectivity index (χ0) is 17.6. The average molecular weight is 320 g/mol. The van der Waals surface area contributed by atoms with Gasteiger partial charge in [0.15, 0.2) is 11.5 Å². The van der Waals surface area contributed by atoms with Crippen molar-refractivity contribution in [3.8, 4) is 11.5 Å². The monoisotopic (exact) mass is 320 g/mol. The first kappa shape index (κ1) is 19.2. The van der Waals surface area contributed by atoms with Crippen molar-refractivity contribution in [1.29, 1.82) is 0 Å². The second-order valence-electron chi connectivity index (χ2n) is 6.82. The molecule has 0 N–H and O–H groups in total. The number of carbonyl (C=O) groups is 2. The molecule has 0 fully saturated rings. The second-order valence-corrected chi connectivity index (χ2v) is 6.82. The molecule has 0 atom stereocenters. The fourth-order valence-electron chi connectivity index (χ4n) is 2.13. The van der Waals surface area contributed by atoms with Crippen molar-refractivity contribution in [3.63, 3.8) is 0 Å². The summed E-state index contributed by atoms with van der Waals surface area (Å²) in [6.07, 6.45) is 2.09. The Morgan fingerprint density at radius 1 is 0.957 bits per heavy atom. The topological polar surface area (TPSA) is 52.6 Å². The van der Waals surface area contributed by atoms with Crippen LogP contribution in [0.25, 0.3) is 0 Å². The van der Waals surface area contributed by atoms with Gasteiger partial charge in [-0.15, -0.1) is 0 Å². The van der Waals surface area contributed by atoms with Crippen LogP contribution < -0.4 is 9.47 Å². The van der Waals surface area contributed by atoms with Crippen molar-refractivity contribution in [1.82, 2.24) is 0 Å². The van der Waals surface area contributed by atoms with E-state index in [2.05, 4.69) is 20.8 Å². The van der Waals surface area contributed by atoms with Gasteiger partial charge in [-0.25, -0.2) is 0 Å². The molecule has 23 heavy (non-hydrogen) atoms. The predicted octanol–water partition coefficient (Wildman–Crippen LogP) is 4.70. The molecule has 0 aliphatic carbocycles. The molecule has 0 spiro atoms. The van der Waals surface area contributed by atoms with E-state index in [9.17, 15) is 9.59 Å². The standard InChI is InChI=1S/C19H28O4/c1-7-9-16(20)22-15-12-14(19(4,5)6)11-13(3)18(15)23-17(21)10-8-2/h11-12H,7-10H2,1-6H3. The summed E-state index contributed by atoms with van der Waals surface area (Å²) >= 11 is 0. The fourth-order valence-corrected chi connectivity index (χ4v) is 2.13. The van der Waals surface area contributed by atoms with Gasteiger partial charge in [-0.2, -0.15) is 0 Å². The van der Waals surface area contributed by atoms with Gasteiger partial charge in [0.1, 0.15) is 0 Å². The normalized spacial score (nSPS) is 11.2. The first-order valence-electron chi connectivity index (χ1n) is 8.25. The summed E-state index contributed by atoms with van der Waals surface area (Å²) in [6.45, 7) is 12.0. The van der Waals surface area contributed by atoms with E-state index >= 15 is 0 Å². The third-order valence-corrected chi connectivity index (χ3v) is 3.45. The van der Waals surface area contributed by atoms with Crippen LogP contribution in [-0.4, -0.2) is 11.9 Å². The first-order chi connectivity index (χ1) is 10.7. The summed E-state index contributed by atoms with van der Waals surface area (Å²) in [5.74, 6) is 0.0522. The highest BCUT2D eigenvalue weighted by Gasteiger charge is 2.22. The van der Waals surface area contributed by atoms with E-state index < -0.39 is 0 Å². The van der Waals surface area contributed by atoms with Gasteiger partial charge in [0.25, 0.3) is 0 Å². The highest BCUT2D eigenvalue weighted by Crippen LogP contribution is 2.37. The molecule has 1 rings (SSSR count). The molecular weight excluding hydrogens is 292 g/mol. The summed E-state index contributed by atoms with van der Waals surface area (Å²) in [6, 6.07) is 3.78. The lowest BCUT2D eigenvalue weighted by molar-refractivity contribution is -0.137. The van der Waals surface area contributed by atoms with Crippen LogP contribution in [0.1, 0.15) is 71.4 Å². The molecule has 0 unspecified atom stereocenters. The minimum atomic E-state index is -0.314. The summed E-state index contributed by atoms with van der Waals surface area (Å²) < 4.78 is 10.9. The Bertz CT molecular complexity index is 567. The van der Waals surface area contributed by atoms with Crippen molar-refractivity contribution < 1.29 is 19.1 Å². The Balaban J connectivity index is 3.24. The van der Waals surface area contributed by atoms with Gasteiger partial charge in [0, 0.05) is 12.8 Å². The molecule has 0 aromatic heterocycles. The van der Waals surface area contributed by atoms with Gasteiger partial charge in [0.2, 0.25) is 0 Å². The SMILES string of the molecule is CCCC(=O)Oc1cc(C(C)(C)C)cc(C)c1OC(=O)CCC. The van der Waals surface area contributed by atoms with Crippen molar-refractivity contribution in [2.75, 3.05) is 0 Å². The zero-order valence-corrected chi connectivity index (χ0v) is 15.1. The number of ether oxygens (including phenoxy) is 2.